The summed E-state index contributed by atoms with van der Waals surface area (Å²) < 4.78 is 7.35. The van der Waals surface area contributed by atoms with Gasteiger partial charge >= 0.3 is 5.97 Å². The van der Waals surface area contributed by atoms with E-state index in [9.17, 15) is 4.79 Å². The molecule has 3 rings (SSSR count). The van der Waals surface area contributed by atoms with Crippen molar-refractivity contribution in [3.8, 4) is 5.75 Å². The maximum Gasteiger partial charge on any atom is 0.323 e. The van der Waals surface area contributed by atoms with Crippen molar-refractivity contribution >= 4 is 11.7 Å². The summed E-state index contributed by atoms with van der Waals surface area (Å²) >= 11 is 0. The van der Waals surface area contributed by atoms with Gasteiger partial charge in [0.1, 0.15) is 12.3 Å². The Hall–Kier alpha value is -2.50. The van der Waals surface area contributed by atoms with Crippen LogP contribution in [-0.4, -0.2) is 40.8 Å². The summed E-state index contributed by atoms with van der Waals surface area (Å²) in [5, 5.41) is 9.09. The third-order valence-electron chi connectivity index (χ3n) is 4.08. The Morgan fingerprint density at radius 3 is 3.05 bits per heavy atom. The number of aliphatic carboxylic acids is 1. The lowest BCUT2D eigenvalue weighted by atomic mass is 9.97. The number of hydrogen-bond donors (Lipinski definition) is 1. The van der Waals surface area contributed by atoms with Crippen LogP contribution in [0.5, 0.6) is 5.75 Å². The van der Waals surface area contributed by atoms with Crippen molar-refractivity contribution in [3.05, 3.63) is 42.5 Å². The molecule has 6 heteroatoms. The number of benzene rings is 1. The molecule has 22 heavy (non-hydrogen) atoms. The molecule has 1 atom stereocenters. The number of anilines is 1. The van der Waals surface area contributed by atoms with Gasteiger partial charge in [0.15, 0.2) is 0 Å². The summed E-state index contributed by atoms with van der Waals surface area (Å²) in [6, 6.07) is 5.86. The first-order valence-corrected chi connectivity index (χ1v) is 7.28. The molecule has 0 fully saturated rings. The number of carboxylic acid groups (broad SMARTS) is 1. The van der Waals surface area contributed by atoms with Crippen LogP contribution in [0.4, 0.5) is 5.69 Å². The summed E-state index contributed by atoms with van der Waals surface area (Å²) in [5.41, 5.74) is 2.17. The summed E-state index contributed by atoms with van der Waals surface area (Å²) in [6.45, 7) is 1.62. The molecule has 0 saturated heterocycles. The molecular formula is C16H19N3O3. The summed E-state index contributed by atoms with van der Waals surface area (Å²) in [6.07, 6.45) is 6.45. The zero-order valence-electron chi connectivity index (χ0n) is 12.5. The molecule has 1 unspecified atom stereocenters. The molecule has 116 valence electrons. The van der Waals surface area contributed by atoms with Gasteiger partial charge in [-0.05, 0) is 30.2 Å². The largest absolute Gasteiger partial charge is 0.497 e. The second kappa shape index (κ2) is 6.09. The van der Waals surface area contributed by atoms with Gasteiger partial charge in [0.25, 0.3) is 0 Å². The minimum atomic E-state index is -0.808. The number of fused-ring (bicyclic) bond motifs is 1. The van der Waals surface area contributed by atoms with Crippen molar-refractivity contribution in [3.63, 3.8) is 0 Å². The Morgan fingerprint density at radius 2 is 2.36 bits per heavy atom. The number of ether oxygens (including phenoxy) is 1. The highest BCUT2D eigenvalue weighted by atomic mass is 16.5. The first-order valence-electron chi connectivity index (χ1n) is 7.28. The number of rotatable bonds is 6. The standard InChI is InChI=1S/C16H19N3O3/c1-22-13-2-3-15-14(8-13)12(9-19(15)10-16(20)21)4-6-18-7-5-17-11-18/h2-3,5,7-8,11-12H,4,6,9-10H2,1H3,(H,20,21). The Kier molecular flexibility index (Phi) is 4.00. The highest BCUT2D eigenvalue weighted by Gasteiger charge is 2.29. The van der Waals surface area contributed by atoms with Gasteiger partial charge in [-0.1, -0.05) is 0 Å². The van der Waals surface area contributed by atoms with Crippen LogP contribution in [-0.2, 0) is 11.3 Å². The minimum absolute atomic E-state index is 0.0287. The molecule has 0 radical (unpaired) electrons. The van der Waals surface area contributed by atoms with Crippen molar-refractivity contribution in [2.75, 3.05) is 25.1 Å². The predicted molar refractivity (Wildman–Crippen MR) is 82.4 cm³/mol. The molecule has 0 bridgehead atoms. The fourth-order valence-corrected chi connectivity index (χ4v) is 3.02. The Bertz CT molecular complexity index is 655. The molecule has 1 aromatic heterocycles. The van der Waals surface area contributed by atoms with Crippen molar-refractivity contribution in [2.45, 2.75) is 18.9 Å². The number of nitrogens with zero attached hydrogens (tertiary/aromatic N) is 3. The lowest BCUT2D eigenvalue weighted by Gasteiger charge is -2.17. The maximum atomic E-state index is 11.1. The molecule has 0 spiro atoms. The van der Waals surface area contributed by atoms with E-state index >= 15 is 0 Å². The van der Waals surface area contributed by atoms with E-state index in [0.717, 1.165) is 30.9 Å². The molecule has 2 aromatic rings. The quantitative estimate of drug-likeness (QED) is 0.883. The van der Waals surface area contributed by atoms with E-state index in [-0.39, 0.29) is 6.54 Å². The normalized spacial score (nSPS) is 16.6. The number of aromatic nitrogens is 2. The van der Waals surface area contributed by atoms with Crippen molar-refractivity contribution in [2.24, 2.45) is 0 Å². The number of carboxylic acids is 1. The first kappa shape index (κ1) is 14.4. The predicted octanol–water partition coefficient (Wildman–Crippen LogP) is 1.97. The van der Waals surface area contributed by atoms with Crippen LogP contribution in [0.2, 0.25) is 0 Å². The van der Waals surface area contributed by atoms with Gasteiger partial charge in [-0.3, -0.25) is 4.79 Å². The third kappa shape index (κ3) is 2.90. The van der Waals surface area contributed by atoms with Crippen LogP contribution in [0, 0.1) is 0 Å². The lowest BCUT2D eigenvalue weighted by molar-refractivity contribution is -0.135. The molecule has 6 nitrogen and oxygen atoms in total. The summed E-state index contributed by atoms with van der Waals surface area (Å²) in [7, 11) is 1.65. The van der Waals surface area contributed by atoms with Crippen LogP contribution < -0.4 is 9.64 Å². The highest BCUT2D eigenvalue weighted by Crippen LogP contribution is 2.40. The van der Waals surface area contributed by atoms with Gasteiger partial charge in [0, 0.05) is 37.1 Å². The SMILES string of the molecule is COc1ccc2c(c1)C(CCn1ccnc1)CN2CC(=O)O. The zero-order valence-corrected chi connectivity index (χ0v) is 12.5. The van der Waals surface area contributed by atoms with Crippen LogP contribution in [0.1, 0.15) is 17.9 Å². The van der Waals surface area contributed by atoms with Gasteiger partial charge in [-0.15, -0.1) is 0 Å². The zero-order chi connectivity index (χ0) is 15.5. The first-order chi connectivity index (χ1) is 10.7. The van der Waals surface area contributed by atoms with Crippen LogP contribution in [0.25, 0.3) is 0 Å². The Labute approximate surface area is 129 Å². The molecule has 1 N–H and O–H groups in total. The van der Waals surface area contributed by atoms with E-state index in [1.807, 2.05) is 33.9 Å². The van der Waals surface area contributed by atoms with Gasteiger partial charge < -0.3 is 19.3 Å². The van der Waals surface area contributed by atoms with Crippen LogP contribution in [0.3, 0.4) is 0 Å². The number of imidazole rings is 1. The number of hydrogen-bond acceptors (Lipinski definition) is 4. The molecule has 1 aliphatic heterocycles. The molecule has 0 amide bonds. The molecule has 2 heterocycles. The Morgan fingerprint density at radius 1 is 1.50 bits per heavy atom. The molecule has 0 saturated carbocycles. The van der Waals surface area contributed by atoms with E-state index < -0.39 is 5.97 Å². The molecule has 1 aliphatic rings. The van der Waals surface area contributed by atoms with E-state index in [4.69, 9.17) is 9.84 Å². The van der Waals surface area contributed by atoms with Gasteiger partial charge in [0.2, 0.25) is 0 Å². The molecule has 1 aromatic carbocycles. The third-order valence-corrected chi connectivity index (χ3v) is 4.08. The van der Waals surface area contributed by atoms with Crippen molar-refractivity contribution in [1.29, 1.82) is 0 Å². The number of aryl methyl sites for hydroxylation is 1. The monoisotopic (exact) mass is 301 g/mol. The van der Waals surface area contributed by atoms with E-state index in [0.29, 0.717) is 5.92 Å². The fourth-order valence-electron chi connectivity index (χ4n) is 3.02. The van der Waals surface area contributed by atoms with E-state index in [1.54, 1.807) is 19.6 Å². The molecular weight excluding hydrogens is 282 g/mol. The number of methoxy groups -OCH3 is 1. The fraction of sp³-hybridized carbons (Fsp3) is 0.375. The van der Waals surface area contributed by atoms with Crippen molar-refractivity contribution < 1.29 is 14.6 Å². The van der Waals surface area contributed by atoms with E-state index in [2.05, 4.69) is 4.98 Å². The summed E-state index contributed by atoms with van der Waals surface area (Å²) in [5.74, 6) is 0.299. The van der Waals surface area contributed by atoms with Crippen molar-refractivity contribution in [1.82, 2.24) is 9.55 Å². The second-order valence-electron chi connectivity index (χ2n) is 5.49. The minimum Gasteiger partial charge on any atom is -0.497 e. The lowest BCUT2D eigenvalue weighted by Crippen LogP contribution is -2.28. The van der Waals surface area contributed by atoms with Crippen LogP contribution >= 0.6 is 0 Å². The smallest absolute Gasteiger partial charge is 0.323 e. The maximum absolute atomic E-state index is 11.1. The van der Waals surface area contributed by atoms with Gasteiger partial charge in [-0.25, -0.2) is 4.98 Å². The average Bonchev–Trinajstić information content (AvgIpc) is 3.12. The second-order valence-corrected chi connectivity index (χ2v) is 5.49. The summed E-state index contributed by atoms with van der Waals surface area (Å²) in [4.78, 5) is 17.0. The Balaban J connectivity index is 1.81. The van der Waals surface area contributed by atoms with Crippen LogP contribution in [0.15, 0.2) is 36.9 Å². The number of carbonyl (C=O) groups is 1. The topological polar surface area (TPSA) is 67.6 Å². The molecule has 0 aliphatic carbocycles. The van der Waals surface area contributed by atoms with Gasteiger partial charge in [0.05, 0.1) is 13.4 Å². The average molecular weight is 301 g/mol. The van der Waals surface area contributed by atoms with E-state index in [1.165, 1.54) is 5.56 Å². The van der Waals surface area contributed by atoms with Gasteiger partial charge in [-0.2, -0.15) is 0 Å². The highest BCUT2D eigenvalue weighted by molar-refractivity contribution is 5.76.